The number of rotatable bonds is 2. The number of benzene rings is 1. The lowest BCUT2D eigenvalue weighted by molar-refractivity contribution is 0.0930. The molecular weight excluding hydrogens is 260 g/mol. The average molecular weight is 276 g/mol. The van der Waals surface area contributed by atoms with E-state index in [0.29, 0.717) is 17.2 Å². The van der Waals surface area contributed by atoms with E-state index in [1.165, 1.54) is 0 Å². The molecule has 2 aromatic rings. The Kier molecular flexibility index (Phi) is 3.38. The van der Waals surface area contributed by atoms with E-state index in [1.807, 2.05) is 30.3 Å². The molecule has 100 valence electrons. The van der Waals surface area contributed by atoms with Gasteiger partial charge < -0.3 is 10.3 Å². The molecule has 0 bridgehead atoms. The minimum absolute atomic E-state index is 0.0751. The quantitative estimate of drug-likeness (QED) is 0.878. The zero-order valence-corrected chi connectivity index (χ0v) is 11.3. The minimum atomic E-state index is -0.692. The van der Waals surface area contributed by atoms with E-state index in [9.17, 15) is 9.00 Å². The van der Waals surface area contributed by atoms with Crippen LogP contribution in [-0.2, 0) is 10.8 Å². The summed E-state index contributed by atoms with van der Waals surface area (Å²) >= 11 is 0. The zero-order valence-electron chi connectivity index (χ0n) is 10.5. The SMILES string of the molecule is O=C(NC1CCS(=O)CC1)c1cc2ccccc2[nH]1. The maximum Gasteiger partial charge on any atom is 0.267 e. The molecule has 0 unspecified atom stereocenters. The number of fused-ring (bicyclic) bond motifs is 1. The number of nitrogens with one attached hydrogen (secondary N) is 2. The lowest BCUT2D eigenvalue weighted by Crippen LogP contribution is -2.39. The summed E-state index contributed by atoms with van der Waals surface area (Å²) in [6, 6.07) is 9.84. The summed E-state index contributed by atoms with van der Waals surface area (Å²) in [7, 11) is -0.692. The van der Waals surface area contributed by atoms with Crippen molar-refractivity contribution in [1.82, 2.24) is 10.3 Å². The maximum atomic E-state index is 12.1. The summed E-state index contributed by atoms with van der Waals surface area (Å²) in [6.45, 7) is 0. The third-order valence-electron chi connectivity index (χ3n) is 3.50. The molecule has 1 aliphatic rings. The first-order valence-corrected chi connectivity index (χ1v) is 7.95. The van der Waals surface area contributed by atoms with Gasteiger partial charge in [0.15, 0.2) is 0 Å². The molecule has 2 heterocycles. The molecule has 3 rings (SSSR count). The fourth-order valence-corrected chi connectivity index (χ4v) is 3.70. The molecule has 1 aromatic heterocycles. The first-order chi connectivity index (χ1) is 9.22. The van der Waals surface area contributed by atoms with E-state index >= 15 is 0 Å². The molecule has 4 nitrogen and oxygen atoms in total. The van der Waals surface area contributed by atoms with Gasteiger partial charge in [-0.25, -0.2) is 0 Å². The monoisotopic (exact) mass is 276 g/mol. The summed E-state index contributed by atoms with van der Waals surface area (Å²) in [4.78, 5) is 15.3. The van der Waals surface area contributed by atoms with Crippen molar-refractivity contribution in [3.05, 3.63) is 36.0 Å². The molecule has 0 radical (unpaired) electrons. The second-order valence-electron chi connectivity index (χ2n) is 4.87. The van der Waals surface area contributed by atoms with Crippen LogP contribution in [0.3, 0.4) is 0 Å². The fourth-order valence-electron chi connectivity index (χ4n) is 2.40. The van der Waals surface area contributed by atoms with Crippen LogP contribution in [0.2, 0.25) is 0 Å². The van der Waals surface area contributed by atoms with E-state index in [2.05, 4.69) is 10.3 Å². The Balaban J connectivity index is 1.71. The Morgan fingerprint density at radius 3 is 2.74 bits per heavy atom. The Morgan fingerprint density at radius 2 is 2.00 bits per heavy atom. The number of para-hydroxylation sites is 1. The molecule has 0 spiro atoms. The van der Waals surface area contributed by atoms with Crippen LogP contribution in [-0.4, -0.2) is 32.6 Å². The topological polar surface area (TPSA) is 62.0 Å². The number of hydrogen-bond donors (Lipinski definition) is 2. The van der Waals surface area contributed by atoms with Crippen molar-refractivity contribution in [3.63, 3.8) is 0 Å². The lowest BCUT2D eigenvalue weighted by Gasteiger charge is -2.22. The third kappa shape index (κ3) is 2.71. The Hall–Kier alpha value is -1.62. The molecule has 19 heavy (non-hydrogen) atoms. The van der Waals surface area contributed by atoms with Gasteiger partial charge in [0.1, 0.15) is 5.69 Å². The number of amides is 1. The zero-order chi connectivity index (χ0) is 13.2. The van der Waals surface area contributed by atoms with Crippen molar-refractivity contribution < 1.29 is 9.00 Å². The van der Waals surface area contributed by atoms with Crippen LogP contribution in [0, 0.1) is 0 Å². The Labute approximate surface area is 114 Å². The largest absolute Gasteiger partial charge is 0.351 e. The van der Waals surface area contributed by atoms with Gasteiger partial charge in [0.2, 0.25) is 0 Å². The highest BCUT2D eigenvalue weighted by molar-refractivity contribution is 7.85. The van der Waals surface area contributed by atoms with E-state index in [4.69, 9.17) is 0 Å². The summed E-state index contributed by atoms with van der Waals surface area (Å²) < 4.78 is 11.3. The molecule has 1 aromatic carbocycles. The first-order valence-electron chi connectivity index (χ1n) is 6.46. The van der Waals surface area contributed by atoms with Crippen molar-refractivity contribution in [3.8, 4) is 0 Å². The van der Waals surface area contributed by atoms with Gasteiger partial charge in [0.25, 0.3) is 5.91 Å². The molecular formula is C14H16N2O2S. The van der Waals surface area contributed by atoms with Crippen LogP contribution in [0.4, 0.5) is 0 Å². The molecule has 5 heteroatoms. The lowest BCUT2D eigenvalue weighted by atomic mass is 10.1. The average Bonchev–Trinajstić information content (AvgIpc) is 2.85. The predicted octanol–water partition coefficient (Wildman–Crippen LogP) is 1.81. The number of aromatic nitrogens is 1. The Morgan fingerprint density at radius 1 is 1.26 bits per heavy atom. The molecule has 0 atom stereocenters. The van der Waals surface area contributed by atoms with Crippen molar-refractivity contribution in [1.29, 1.82) is 0 Å². The summed E-state index contributed by atoms with van der Waals surface area (Å²) in [6.07, 6.45) is 1.61. The number of carbonyl (C=O) groups excluding carboxylic acids is 1. The van der Waals surface area contributed by atoms with Gasteiger partial charge >= 0.3 is 0 Å². The van der Waals surface area contributed by atoms with E-state index in [-0.39, 0.29) is 11.9 Å². The highest BCUT2D eigenvalue weighted by Crippen LogP contribution is 2.15. The smallest absolute Gasteiger partial charge is 0.267 e. The predicted molar refractivity (Wildman–Crippen MR) is 76.7 cm³/mol. The molecule has 0 saturated carbocycles. The minimum Gasteiger partial charge on any atom is -0.351 e. The van der Waals surface area contributed by atoms with E-state index in [0.717, 1.165) is 23.7 Å². The van der Waals surface area contributed by atoms with Crippen molar-refractivity contribution in [2.45, 2.75) is 18.9 Å². The Bertz CT molecular complexity index is 592. The highest BCUT2D eigenvalue weighted by Gasteiger charge is 2.20. The van der Waals surface area contributed by atoms with Gasteiger partial charge in [0, 0.05) is 39.3 Å². The van der Waals surface area contributed by atoms with Gasteiger partial charge in [-0.15, -0.1) is 0 Å². The van der Waals surface area contributed by atoms with Crippen LogP contribution < -0.4 is 5.32 Å². The van der Waals surface area contributed by atoms with Crippen LogP contribution in [0.5, 0.6) is 0 Å². The molecule has 1 amide bonds. The van der Waals surface area contributed by atoms with E-state index in [1.54, 1.807) is 0 Å². The second-order valence-corrected chi connectivity index (χ2v) is 6.56. The van der Waals surface area contributed by atoms with Gasteiger partial charge in [-0.05, 0) is 25.0 Å². The van der Waals surface area contributed by atoms with Crippen LogP contribution in [0.1, 0.15) is 23.3 Å². The number of carbonyl (C=O) groups is 1. The van der Waals surface area contributed by atoms with Gasteiger partial charge in [-0.1, -0.05) is 18.2 Å². The molecule has 1 fully saturated rings. The summed E-state index contributed by atoms with van der Waals surface area (Å²) in [5.74, 6) is 1.31. The standard InChI is InChI=1S/C14H16N2O2S/c17-14(15-11-5-7-19(18)8-6-11)13-9-10-3-1-2-4-12(10)16-13/h1-4,9,11,16H,5-8H2,(H,15,17). The number of H-pyrrole nitrogens is 1. The van der Waals surface area contributed by atoms with Crippen LogP contribution in [0.15, 0.2) is 30.3 Å². The summed E-state index contributed by atoms with van der Waals surface area (Å²) in [5, 5.41) is 4.05. The fraction of sp³-hybridized carbons (Fsp3) is 0.357. The third-order valence-corrected chi connectivity index (χ3v) is 4.88. The molecule has 1 aliphatic heterocycles. The number of hydrogen-bond acceptors (Lipinski definition) is 2. The summed E-state index contributed by atoms with van der Waals surface area (Å²) in [5.41, 5.74) is 1.56. The van der Waals surface area contributed by atoms with Gasteiger partial charge in [-0.2, -0.15) is 0 Å². The van der Waals surface area contributed by atoms with Crippen molar-refractivity contribution >= 4 is 27.6 Å². The second kappa shape index (κ2) is 5.17. The van der Waals surface area contributed by atoms with Crippen molar-refractivity contribution in [2.75, 3.05) is 11.5 Å². The van der Waals surface area contributed by atoms with Crippen LogP contribution in [0.25, 0.3) is 10.9 Å². The van der Waals surface area contributed by atoms with Gasteiger partial charge in [0.05, 0.1) is 0 Å². The molecule has 2 N–H and O–H groups in total. The van der Waals surface area contributed by atoms with E-state index < -0.39 is 10.8 Å². The van der Waals surface area contributed by atoms with Crippen LogP contribution >= 0.6 is 0 Å². The normalized spacial score (nSPS) is 23.4. The van der Waals surface area contributed by atoms with Gasteiger partial charge in [-0.3, -0.25) is 9.00 Å². The molecule has 1 saturated heterocycles. The molecule has 0 aliphatic carbocycles. The maximum absolute atomic E-state index is 12.1. The number of aromatic amines is 1. The first kappa shape index (κ1) is 12.4. The highest BCUT2D eigenvalue weighted by atomic mass is 32.2. The van der Waals surface area contributed by atoms with Crippen molar-refractivity contribution in [2.24, 2.45) is 0 Å².